The lowest BCUT2D eigenvalue weighted by Crippen LogP contribution is -2.34. The van der Waals surface area contributed by atoms with Crippen LogP contribution in [0.3, 0.4) is 0 Å². The summed E-state index contributed by atoms with van der Waals surface area (Å²) < 4.78 is 5.50. The number of ether oxygens (including phenoxy) is 1. The maximum Gasteiger partial charge on any atom is 0.258 e. The molecule has 2 amide bonds. The second-order valence-corrected chi connectivity index (χ2v) is 6.44. The van der Waals surface area contributed by atoms with Crippen molar-refractivity contribution in [3.8, 4) is 5.75 Å². The number of carbonyl (C=O) groups is 2. The van der Waals surface area contributed by atoms with Crippen LogP contribution in [0.15, 0.2) is 48.5 Å². The van der Waals surface area contributed by atoms with Crippen molar-refractivity contribution in [2.24, 2.45) is 11.7 Å². The number of rotatable bonds is 7. The molecule has 5 nitrogen and oxygen atoms in total. The van der Waals surface area contributed by atoms with Crippen LogP contribution < -0.4 is 15.8 Å². The number of carbonyl (C=O) groups excluding carboxylic acids is 2. The number of benzene rings is 2. The molecule has 0 bridgehead atoms. The molecule has 1 aliphatic carbocycles. The van der Waals surface area contributed by atoms with Gasteiger partial charge in [0.2, 0.25) is 0 Å². The van der Waals surface area contributed by atoms with Crippen LogP contribution in [0, 0.1) is 12.8 Å². The number of nitrogens with two attached hydrogens (primary N) is 1. The van der Waals surface area contributed by atoms with Crippen LogP contribution in [0.25, 0.3) is 0 Å². The van der Waals surface area contributed by atoms with E-state index in [0.717, 1.165) is 18.4 Å². The summed E-state index contributed by atoms with van der Waals surface area (Å²) in [5, 5.41) is 3.05. The lowest BCUT2D eigenvalue weighted by Gasteiger charge is -2.19. The Kier molecular flexibility index (Phi) is 5.03. The molecule has 0 heterocycles. The molecule has 25 heavy (non-hydrogen) atoms. The van der Waals surface area contributed by atoms with Crippen molar-refractivity contribution in [1.82, 2.24) is 5.32 Å². The summed E-state index contributed by atoms with van der Waals surface area (Å²) in [4.78, 5) is 23.7. The third kappa shape index (κ3) is 4.38. The Morgan fingerprint density at radius 3 is 2.48 bits per heavy atom. The Bertz CT molecular complexity index is 767. The van der Waals surface area contributed by atoms with Crippen LogP contribution in [0.4, 0.5) is 0 Å². The van der Waals surface area contributed by atoms with Crippen molar-refractivity contribution in [3.63, 3.8) is 0 Å². The van der Waals surface area contributed by atoms with Gasteiger partial charge in [0.1, 0.15) is 5.75 Å². The zero-order valence-corrected chi connectivity index (χ0v) is 14.2. The summed E-state index contributed by atoms with van der Waals surface area (Å²) in [6.07, 6.45) is 2.23. The van der Waals surface area contributed by atoms with Crippen LogP contribution >= 0.6 is 0 Å². The molecule has 1 aliphatic rings. The molecule has 0 spiro atoms. The Morgan fingerprint density at radius 2 is 1.84 bits per heavy atom. The van der Waals surface area contributed by atoms with E-state index in [1.807, 2.05) is 6.92 Å². The molecule has 1 unspecified atom stereocenters. The summed E-state index contributed by atoms with van der Waals surface area (Å²) >= 11 is 0. The highest BCUT2D eigenvalue weighted by molar-refractivity contribution is 5.95. The molecular weight excluding hydrogens is 316 g/mol. The molecule has 0 aliphatic heterocycles. The Balaban J connectivity index is 1.63. The fourth-order valence-corrected chi connectivity index (χ4v) is 2.83. The predicted octanol–water partition coefficient (Wildman–Crippen LogP) is 2.74. The van der Waals surface area contributed by atoms with Gasteiger partial charge in [0.05, 0.1) is 11.6 Å². The predicted molar refractivity (Wildman–Crippen MR) is 95.2 cm³/mol. The monoisotopic (exact) mass is 338 g/mol. The van der Waals surface area contributed by atoms with Crippen molar-refractivity contribution in [1.29, 1.82) is 0 Å². The summed E-state index contributed by atoms with van der Waals surface area (Å²) in [5.74, 6) is 0.0105. The molecule has 0 aromatic heterocycles. The molecule has 0 saturated heterocycles. The number of aryl methyl sites for hydroxylation is 1. The van der Waals surface area contributed by atoms with E-state index in [1.54, 1.807) is 24.3 Å². The van der Waals surface area contributed by atoms with Crippen molar-refractivity contribution in [3.05, 3.63) is 65.2 Å². The minimum Gasteiger partial charge on any atom is -0.483 e. The first kappa shape index (κ1) is 17.0. The van der Waals surface area contributed by atoms with Gasteiger partial charge < -0.3 is 15.8 Å². The second kappa shape index (κ2) is 7.38. The van der Waals surface area contributed by atoms with Gasteiger partial charge in [0.15, 0.2) is 6.61 Å². The van der Waals surface area contributed by atoms with Crippen molar-refractivity contribution in [2.45, 2.75) is 25.8 Å². The highest BCUT2D eigenvalue weighted by atomic mass is 16.5. The van der Waals surface area contributed by atoms with Gasteiger partial charge in [-0.3, -0.25) is 9.59 Å². The van der Waals surface area contributed by atoms with E-state index >= 15 is 0 Å². The van der Waals surface area contributed by atoms with E-state index in [0.29, 0.717) is 11.7 Å². The maximum absolute atomic E-state index is 12.3. The first-order valence-corrected chi connectivity index (χ1v) is 8.42. The molecule has 1 atom stereocenters. The van der Waals surface area contributed by atoms with Gasteiger partial charge in [0.25, 0.3) is 11.8 Å². The first-order chi connectivity index (χ1) is 12.0. The largest absolute Gasteiger partial charge is 0.483 e. The average molecular weight is 338 g/mol. The molecule has 1 saturated carbocycles. The van der Waals surface area contributed by atoms with E-state index in [4.69, 9.17) is 10.5 Å². The number of hydrogen-bond acceptors (Lipinski definition) is 3. The summed E-state index contributed by atoms with van der Waals surface area (Å²) in [5.41, 5.74) is 7.89. The number of para-hydroxylation sites is 1. The Labute approximate surface area is 147 Å². The molecule has 3 N–H and O–H groups in total. The summed E-state index contributed by atoms with van der Waals surface area (Å²) in [6, 6.07) is 14.9. The van der Waals surface area contributed by atoms with E-state index in [9.17, 15) is 9.59 Å². The lowest BCUT2D eigenvalue weighted by molar-refractivity contribution is -0.124. The van der Waals surface area contributed by atoms with Gasteiger partial charge in [-0.05, 0) is 43.4 Å². The highest BCUT2D eigenvalue weighted by Crippen LogP contribution is 2.41. The fourth-order valence-electron chi connectivity index (χ4n) is 2.83. The van der Waals surface area contributed by atoms with Crippen LogP contribution in [0.1, 0.15) is 40.4 Å². The van der Waals surface area contributed by atoms with E-state index in [-0.39, 0.29) is 24.1 Å². The smallest absolute Gasteiger partial charge is 0.258 e. The van der Waals surface area contributed by atoms with Gasteiger partial charge in [-0.1, -0.05) is 42.0 Å². The zero-order valence-electron chi connectivity index (χ0n) is 14.2. The van der Waals surface area contributed by atoms with E-state index < -0.39 is 5.91 Å². The number of hydrogen-bond donors (Lipinski definition) is 2. The third-order valence-corrected chi connectivity index (χ3v) is 4.36. The SMILES string of the molecule is Cc1ccc(C(NC(=O)COc2ccccc2C(N)=O)C2CC2)cc1. The quantitative estimate of drug-likeness (QED) is 0.814. The summed E-state index contributed by atoms with van der Waals surface area (Å²) in [7, 11) is 0. The van der Waals surface area contributed by atoms with Gasteiger partial charge in [0, 0.05) is 0 Å². The molecule has 0 radical (unpaired) electrons. The number of nitrogens with one attached hydrogen (secondary N) is 1. The van der Waals surface area contributed by atoms with Crippen molar-refractivity contribution >= 4 is 11.8 Å². The molecule has 2 aromatic rings. The summed E-state index contributed by atoms with van der Waals surface area (Å²) in [6.45, 7) is 1.89. The normalized spacial score (nSPS) is 14.6. The zero-order chi connectivity index (χ0) is 17.8. The van der Waals surface area contributed by atoms with Crippen molar-refractivity contribution in [2.75, 3.05) is 6.61 Å². The van der Waals surface area contributed by atoms with Gasteiger partial charge >= 0.3 is 0 Å². The molecule has 3 rings (SSSR count). The highest BCUT2D eigenvalue weighted by Gasteiger charge is 2.33. The second-order valence-electron chi connectivity index (χ2n) is 6.44. The van der Waals surface area contributed by atoms with Crippen molar-refractivity contribution < 1.29 is 14.3 Å². The molecular formula is C20H22N2O3. The fraction of sp³-hybridized carbons (Fsp3) is 0.300. The van der Waals surface area contributed by atoms with Gasteiger partial charge in [-0.2, -0.15) is 0 Å². The number of amides is 2. The van der Waals surface area contributed by atoms with Gasteiger partial charge in [-0.15, -0.1) is 0 Å². The maximum atomic E-state index is 12.3. The van der Waals surface area contributed by atoms with Crippen LogP contribution in [0.2, 0.25) is 0 Å². The Hall–Kier alpha value is -2.82. The Morgan fingerprint density at radius 1 is 1.16 bits per heavy atom. The van der Waals surface area contributed by atoms with E-state index in [1.165, 1.54) is 5.56 Å². The lowest BCUT2D eigenvalue weighted by atomic mass is 10.0. The minimum atomic E-state index is -0.577. The number of primary amides is 1. The average Bonchev–Trinajstić information content (AvgIpc) is 3.44. The molecule has 1 fully saturated rings. The van der Waals surface area contributed by atoms with Crippen LogP contribution in [0.5, 0.6) is 5.75 Å². The third-order valence-electron chi connectivity index (χ3n) is 4.36. The molecule has 5 heteroatoms. The topological polar surface area (TPSA) is 81.4 Å². The van der Waals surface area contributed by atoms with Crippen LogP contribution in [-0.2, 0) is 4.79 Å². The molecule has 130 valence electrons. The molecule has 2 aromatic carbocycles. The van der Waals surface area contributed by atoms with E-state index in [2.05, 4.69) is 29.6 Å². The minimum absolute atomic E-state index is 0.00286. The standard InChI is InChI=1S/C20H22N2O3/c1-13-6-8-14(9-7-13)19(15-10-11-15)22-18(23)12-25-17-5-3-2-4-16(17)20(21)24/h2-9,15,19H,10-12H2,1H3,(H2,21,24)(H,22,23). The van der Waals surface area contributed by atoms with Gasteiger partial charge in [-0.25, -0.2) is 0 Å². The first-order valence-electron chi connectivity index (χ1n) is 8.42. The van der Waals surface area contributed by atoms with Crippen LogP contribution in [-0.4, -0.2) is 18.4 Å².